The van der Waals surface area contributed by atoms with E-state index < -0.39 is 0 Å². The van der Waals surface area contributed by atoms with Gasteiger partial charge in [-0.05, 0) is 18.9 Å². The van der Waals surface area contributed by atoms with Crippen molar-refractivity contribution < 1.29 is 5.11 Å². The first-order chi connectivity index (χ1) is 3.88. The molecule has 1 aliphatic heterocycles. The Hall–Kier alpha value is -0.0800. The standard InChI is InChI=1S/C6H11NO/c8-6-1-4-2-7-3-5(4)6/h4-8H,1-3H2/t4?,5?,6-/m1/s1. The summed E-state index contributed by atoms with van der Waals surface area (Å²) in [7, 11) is 0. The number of aliphatic hydroxyl groups is 1. The largest absolute Gasteiger partial charge is 0.393 e. The molecule has 0 aromatic rings. The molecule has 2 nitrogen and oxygen atoms in total. The second-order valence-electron chi connectivity index (χ2n) is 2.89. The fourth-order valence-corrected chi connectivity index (χ4v) is 1.75. The molecule has 2 fully saturated rings. The third kappa shape index (κ3) is 0.446. The maximum Gasteiger partial charge on any atom is 0.0586 e. The van der Waals surface area contributed by atoms with Crippen LogP contribution in [0.3, 0.4) is 0 Å². The van der Waals surface area contributed by atoms with Gasteiger partial charge in [0.25, 0.3) is 0 Å². The molecule has 46 valence electrons. The van der Waals surface area contributed by atoms with E-state index in [0.29, 0.717) is 5.92 Å². The second kappa shape index (κ2) is 1.45. The van der Waals surface area contributed by atoms with Crippen LogP contribution in [0, 0.1) is 11.8 Å². The Morgan fingerprint density at radius 2 is 2.25 bits per heavy atom. The second-order valence-corrected chi connectivity index (χ2v) is 2.89. The fraction of sp³-hybridized carbons (Fsp3) is 1.00. The Kier molecular flexibility index (Phi) is 0.866. The van der Waals surface area contributed by atoms with E-state index in [-0.39, 0.29) is 6.10 Å². The molecule has 0 amide bonds. The highest BCUT2D eigenvalue weighted by molar-refractivity contribution is 4.95. The molecule has 2 aliphatic rings. The monoisotopic (exact) mass is 113 g/mol. The number of hydrogen-bond acceptors (Lipinski definition) is 2. The summed E-state index contributed by atoms with van der Waals surface area (Å²) in [4.78, 5) is 0. The van der Waals surface area contributed by atoms with Crippen molar-refractivity contribution in [3.8, 4) is 0 Å². The molecule has 2 heteroatoms. The fourth-order valence-electron chi connectivity index (χ4n) is 1.75. The van der Waals surface area contributed by atoms with E-state index in [1.54, 1.807) is 0 Å². The topological polar surface area (TPSA) is 32.3 Å². The van der Waals surface area contributed by atoms with Crippen LogP contribution in [0.2, 0.25) is 0 Å². The van der Waals surface area contributed by atoms with E-state index in [4.69, 9.17) is 5.11 Å². The normalized spacial score (nSPS) is 52.9. The van der Waals surface area contributed by atoms with Crippen molar-refractivity contribution in [2.45, 2.75) is 12.5 Å². The average molecular weight is 113 g/mol. The summed E-state index contributed by atoms with van der Waals surface area (Å²) in [5.74, 6) is 1.42. The lowest BCUT2D eigenvalue weighted by Gasteiger charge is -2.35. The van der Waals surface area contributed by atoms with E-state index in [1.165, 1.54) is 0 Å². The maximum atomic E-state index is 9.08. The molecule has 0 radical (unpaired) electrons. The van der Waals surface area contributed by atoms with Crippen LogP contribution in [0.15, 0.2) is 0 Å². The van der Waals surface area contributed by atoms with Crippen LogP contribution < -0.4 is 5.32 Å². The van der Waals surface area contributed by atoms with Crippen molar-refractivity contribution in [3.63, 3.8) is 0 Å². The zero-order valence-corrected chi connectivity index (χ0v) is 4.80. The molecule has 0 aromatic heterocycles. The van der Waals surface area contributed by atoms with Gasteiger partial charge in [-0.3, -0.25) is 0 Å². The zero-order valence-electron chi connectivity index (χ0n) is 4.80. The van der Waals surface area contributed by atoms with Crippen molar-refractivity contribution in [2.24, 2.45) is 11.8 Å². The highest BCUT2D eigenvalue weighted by atomic mass is 16.3. The molecule has 0 spiro atoms. The Morgan fingerprint density at radius 3 is 2.75 bits per heavy atom. The number of aliphatic hydroxyl groups excluding tert-OH is 1. The molecule has 1 heterocycles. The maximum absolute atomic E-state index is 9.08. The van der Waals surface area contributed by atoms with Gasteiger partial charge in [0.15, 0.2) is 0 Å². The van der Waals surface area contributed by atoms with E-state index >= 15 is 0 Å². The molecule has 1 saturated carbocycles. The van der Waals surface area contributed by atoms with E-state index in [1.807, 2.05) is 0 Å². The Balaban J connectivity index is 2.02. The third-order valence-corrected chi connectivity index (χ3v) is 2.43. The average Bonchev–Trinajstić information content (AvgIpc) is 2.09. The molecule has 1 aliphatic carbocycles. The highest BCUT2D eigenvalue weighted by Gasteiger charge is 2.42. The quantitative estimate of drug-likeness (QED) is 0.447. The van der Waals surface area contributed by atoms with Gasteiger partial charge < -0.3 is 10.4 Å². The molecule has 2 rings (SSSR count). The van der Waals surface area contributed by atoms with E-state index in [2.05, 4.69) is 5.32 Å². The highest BCUT2D eigenvalue weighted by Crippen LogP contribution is 2.36. The third-order valence-electron chi connectivity index (χ3n) is 2.43. The number of fused-ring (bicyclic) bond motifs is 1. The summed E-state index contributed by atoms with van der Waals surface area (Å²) < 4.78 is 0. The van der Waals surface area contributed by atoms with Crippen LogP contribution in [-0.2, 0) is 0 Å². The van der Waals surface area contributed by atoms with Gasteiger partial charge >= 0.3 is 0 Å². The molecule has 3 atom stereocenters. The molecular formula is C6H11NO. The Morgan fingerprint density at radius 1 is 1.38 bits per heavy atom. The van der Waals surface area contributed by atoms with Gasteiger partial charge in [0, 0.05) is 12.5 Å². The van der Waals surface area contributed by atoms with Gasteiger partial charge in [0.2, 0.25) is 0 Å². The first-order valence-corrected chi connectivity index (χ1v) is 3.26. The van der Waals surface area contributed by atoms with Crippen LogP contribution in [0.1, 0.15) is 6.42 Å². The van der Waals surface area contributed by atoms with Crippen molar-refractivity contribution >= 4 is 0 Å². The predicted molar refractivity (Wildman–Crippen MR) is 30.5 cm³/mol. The Labute approximate surface area is 48.9 Å². The molecule has 8 heavy (non-hydrogen) atoms. The minimum atomic E-state index is 0.0231. The zero-order chi connectivity index (χ0) is 5.56. The van der Waals surface area contributed by atoms with Crippen molar-refractivity contribution in [3.05, 3.63) is 0 Å². The molecule has 1 saturated heterocycles. The summed E-state index contributed by atoms with van der Waals surface area (Å²) in [6.07, 6.45) is 1.06. The van der Waals surface area contributed by atoms with Crippen molar-refractivity contribution in [2.75, 3.05) is 13.1 Å². The summed E-state index contributed by atoms with van der Waals surface area (Å²) in [5.41, 5.74) is 0. The smallest absolute Gasteiger partial charge is 0.0586 e. The summed E-state index contributed by atoms with van der Waals surface area (Å²) in [6.45, 7) is 2.19. The van der Waals surface area contributed by atoms with E-state index in [0.717, 1.165) is 25.4 Å². The van der Waals surface area contributed by atoms with Gasteiger partial charge in [0.05, 0.1) is 6.10 Å². The minimum absolute atomic E-state index is 0.0231. The molecule has 2 unspecified atom stereocenters. The summed E-state index contributed by atoms with van der Waals surface area (Å²) in [5, 5.41) is 12.3. The summed E-state index contributed by atoms with van der Waals surface area (Å²) in [6, 6.07) is 0. The van der Waals surface area contributed by atoms with Gasteiger partial charge in [0.1, 0.15) is 0 Å². The lowest BCUT2D eigenvalue weighted by Crippen LogP contribution is -2.39. The lowest BCUT2D eigenvalue weighted by molar-refractivity contribution is -0.00403. The molecule has 0 bridgehead atoms. The van der Waals surface area contributed by atoms with Gasteiger partial charge in [-0.15, -0.1) is 0 Å². The predicted octanol–water partition coefficient (Wildman–Crippen LogP) is -0.413. The van der Waals surface area contributed by atoms with Gasteiger partial charge in [-0.25, -0.2) is 0 Å². The number of nitrogens with one attached hydrogen (secondary N) is 1. The van der Waals surface area contributed by atoms with E-state index in [9.17, 15) is 0 Å². The summed E-state index contributed by atoms with van der Waals surface area (Å²) >= 11 is 0. The SMILES string of the molecule is O[C@@H]1CC2CNCC21. The number of hydrogen-bond donors (Lipinski definition) is 2. The minimum Gasteiger partial charge on any atom is -0.393 e. The van der Waals surface area contributed by atoms with Gasteiger partial charge in [-0.1, -0.05) is 0 Å². The van der Waals surface area contributed by atoms with Crippen LogP contribution in [0.4, 0.5) is 0 Å². The first-order valence-electron chi connectivity index (χ1n) is 3.26. The van der Waals surface area contributed by atoms with Crippen LogP contribution in [-0.4, -0.2) is 24.3 Å². The number of rotatable bonds is 0. The van der Waals surface area contributed by atoms with Crippen LogP contribution in [0.5, 0.6) is 0 Å². The Bertz CT molecular complexity index is 105. The lowest BCUT2D eigenvalue weighted by atomic mass is 9.74. The molecular weight excluding hydrogens is 102 g/mol. The molecule has 2 N–H and O–H groups in total. The van der Waals surface area contributed by atoms with Crippen LogP contribution >= 0.6 is 0 Å². The first kappa shape index (κ1) is 4.77. The van der Waals surface area contributed by atoms with Gasteiger partial charge in [-0.2, -0.15) is 0 Å². The molecule has 0 aromatic carbocycles. The van der Waals surface area contributed by atoms with Crippen LogP contribution in [0.25, 0.3) is 0 Å². The van der Waals surface area contributed by atoms with Crippen molar-refractivity contribution in [1.29, 1.82) is 0 Å². The van der Waals surface area contributed by atoms with Crippen molar-refractivity contribution in [1.82, 2.24) is 5.32 Å².